The lowest BCUT2D eigenvalue weighted by Crippen LogP contribution is -2.36. The van der Waals surface area contributed by atoms with Gasteiger partial charge in [-0.15, -0.1) is 0 Å². The van der Waals surface area contributed by atoms with Crippen LogP contribution in [0.2, 0.25) is 5.15 Å². The molecule has 0 saturated heterocycles. The maximum absolute atomic E-state index is 10.7. The van der Waals surface area contributed by atoms with Crippen LogP contribution in [0.25, 0.3) is 0 Å². The summed E-state index contributed by atoms with van der Waals surface area (Å²) in [7, 11) is 0. The molecule has 0 aliphatic heterocycles. The predicted octanol–water partition coefficient (Wildman–Crippen LogP) is 4.06. The van der Waals surface area contributed by atoms with Crippen LogP contribution in [-0.2, 0) is 0 Å². The summed E-state index contributed by atoms with van der Waals surface area (Å²) in [6.45, 7) is 6.53. The molecule has 0 amide bonds. The van der Waals surface area contributed by atoms with Gasteiger partial charge in [0.1, 0.15) is 16.8 Å². The number of hydrogen-bond acceptors (Lipinski definition) is 4. The Kier molecular flexibility index (Phi) is 5.44. The standard InChI is InChI=1S/C16H26ClN3O/c1-11(2)14-19-13(17)12(3)15(20-14)18-10-16(21)8-6-4-5-7-9-16/h11,21H,4-10H2,1-3H3,(H,18,19,20). The number of halogens is 1. The van der Waals surface area contributed by atoms with Gasteiger partial charge in [0.25, 0.3) is 0 Å². The van der Waals surface area contributed by atoms with Gasteiger partial charge in [-0.1, -0.05) is 51.1 Å². The molecule has 2 N–H and O–H groups in total. The van der Waals surface area contributed by atoms with Crippen molar-refractivity contribution in [3.63, 3.8) is 0 Å². The van der Waals surface area contributed by atoms with Gasteiger partial charge >= 0.3 is 0 Å². The average molecular weight is 312 g/mol. The van der Waals surface area contributed by atoms with E-state index < -0.39 is 5.60 Å². The van der Waals surface area contributed by atoms with Crippen LogP contribution < -0.4 is 5.32 Å². The Balaban J connectivity index is 2.11. The van der Waals surface area contributed by atoms with Crippen molar-refractivity contribution in [1.82, 2.24) is 9.97 Å². The molecule has 1 aliphatic rings. The summed E-state index contributed by atoms with van der Waals surface area (Å²) >= 11 is 6.19. The van der Waals surface area contributed by atoms with E-state index in [4.69, 9.17) is 11.6 Å². The summed E-state index contributed by atoms with van der Waals surface area (Å²) in [5.41, 5.74) is 0.219. The molecule has 0 radical (unpaired) electrons. The zero-order valence-electron chi connectivity index (χ0n) is 13.2. The van der Waals surface area contributed by atoms with Gasteiger partial charge in [-0.3, -0.25) is 0 Å². The molecule has 1 heterocycles. The van der Waals surface area contributed by atoms with Crippen LogP contribution >= 0.6 is 11.6 Å². The zero-order chi connectivity index (χ0) is 15.5. The van der Waals surface area contributed by atoms with Gasteiger partial charge in [0.2, 0.25) is 0 Å². The molecule has 1 aliphatic carbocycles. The minimum absolute atomic E-state index is 0.226. The monoisotopic (exact) mass is 311 g/mol. The summed E-state index contributed by atoms with van der Waals surface area (Å²) < 4.78 is 0. The molecule has 2 rings (SSSR count). The highest BCUT2D eigenvalue weighted by atomic mass is 35.5. The number of nitrogens with one attached hydrogen (secondary N) is 1. The summed E-state index contributed by atoms with van der Waals surface area (Å²) in [4.78, 5) is 8.87. The van der Waals surface area contributed by atoms with Crippen LogP contribution in [0.5, 0.6) is 0 Å². The van der Waals surface area contributed by atoms with Crippen LogP contribution in [0, 0.1) is 6.92 Å². The Hall–Kier alpha value is -0.870. The van der Waals surface area contributed by atoms with Crippen molar-refractivity contribution in [2.75, 3.05) is 11.9 Å². The van der Waals surface area contributed by atoms with E-state index in [2.05, 4.69) is 15.3 Å². The topological polar surface area (TPSA) is 58.0 Å². The first-order valence-corrected chi connectivity index (χ1v) is 8.29. The highest BCUT2D eigenvalue weighted by Crippen LogP contribution is 2.28. The fourth-order valence-corrected chi connectivity index (χ4v) is 2.92. The third-order valence-electron chi connectivity index (χ3n) is 4.24. The molecule has 0 atom stereocenters. The second-order valence-corrected chi connectivity index (χ2v) is 6.85. The van der Waals surface area contributed by atoms with Gasteiger partial charge in [0, 0.05) is 18.0 Å². The smallest absolute Gasteiger partial charge is 0.137 e. The van der Waals surface area contributed by atoms with Crippen molar-refractivity contribution in [1.29, 1.82) is 0 Å². The Morgan fingerprint density at radius 2 is 1.81 bits per heavy atom. The normalized spacial score (nSPS) is 18.6. The quantitative estimate of drug-likeness (QED) is 0.650. The van der Waals surface area contributed by atoms with Gasteiger partial charge < -0.3 is 10.4 Å². The molecule has 1 saturated carbocycles. The van der Waals surface area contributed by atoms with E-state index in [0.29, 0.717) is 11.7 Å². The molecule has 1 aromatic rings. The number of hydrogen-bond donors (Lipinski definition) is 2. The zero-order valence-corrected chi connectivity index (χ0v) is 14.0. The average Bonchev–Trinajstić information content (AvgIpc) is 2.65. The third kappa shape index (κ3) is 4.30. The summed E-state index contributed by atoms with van der Waals surface area (Å²) in [6, 6.07) is 0. The first-order valence-electron chi connectivity index (χ1n) is 7.91. The van der Waals surface area contributed by atoms with Crippen LogP contribution in [0.3, 0.4) is 0 Å². The van der Waals surface area contributed by atoms with Crippen molar-refractivity contribution in [2.45, 2.75) is 70.8 Å². The fraction of sp³-hybridized carbons (Fsp3) is 0.750. The van der Waals surface area contributed by atoms with Crippen LogP contribution in [0.15, 0.2) is 0 Å². The van der Waals surface area contributed by atoms with Crippen LogP contribution in [0.4, 0.5) is 5.82 Å². The van der Waals surface area contributed by atoms with Crippen molar-refractivity contribution in [3.05, 3.63) is 16.5 Å². The molecule has 0 spiro atoms. The number of anilines is 1. The van der Waals surface area contributed by atoms with Crippen molar-refractivity contribution >= 4 is 17.4 Å². The summed E-state index contributed by atoms with van der Waals surface area (Å²) in [5.74, 6) is 1.71. The molecule has 4 nitrogen and oxygen atoms in total. The van der Waals surface area contributed by atoms with Crippen LogP contribution in [-0.4, -0.2) is 27.2 Å². The van der Waals surface area contributed by atoms with E-state index >= 15 is 0 Å². The maximum Gasteiger partial charge on any atom is 0.137 e. The highest BCUT2D eigenvalue weighted by Gasteiger charge is 2.28. The molecule has 0 bridgehead atoms. The Bertz CT molecular complexity index is 483. The second-order valence-electron chi connectivity index (χ2n) is 6.49. The van der Waals surface area contributed by atoms with Gasteiger partial charge in [-0.25, -0.2) is 9.97 Å². The van der Waals surface area contributed by atoms with Crippen molar-refractivity contribution < 1.29 is 5.11 Å². The van der Waals surface area contributed by atoms with E-state index in [0.717, 1.165) is 42.9 Å². The maximum atomic E-state index is 10.7. The summed E-state index contributed by atoms with van der Waals surface area (Å²) in [6.07, 6.45) is 6.35. The minimum Gasteiger partial charge on any atom is -0.388 e. The molecule has 5 heteroatoms. The van der Waals surface area contributed by atoms with Gasteiger partial charge in [-0.05, 0) is 19.8 Å². The van der Waals surface area contributed by atoms with E-state index in [1.807, 2.05) is 20.8 Å². The molecular formula is C16H26ClN3O. The Morgan fingerprint density at radius 1 is 1.19 bits per heavy atom. The number of nitrogens with zero attached hydrogens (tertiary/aromatic N) is 2. The van der Waals surface area contributed by atoms with E-state index in [-0.39, 0.29) is 5.92 Å². The Labute approximate surface area is 132 Å². The lowest BCUT2D eigenvalue weighted by Gasteiger charge is -2.27. The fourth-order valence-electron chi connectivity index (χ4n) is 2.75. The van der Waals surface area contributed by atoms with Crippen molar-refractivity contribution in [2.24, 2.45) is 0 Å². The molecule has 0 aromatic carbocycles. The molecule has 1 aromatic heterocycles. The van der Waals surface area contributed by atoms with Gasteiger partial charge in [0.05, 0.1) is 5.60 Å². The van der Waals surface area contributed by atoms with E-state index in [1.54, 1.807) is 0 Å². The summed E-state index contributed by atoms with van der Waals surface area (Å²) in [5, 5.41) is 14.5. The first kappa shape index (κ1) is 16.5. The predicted molar refractivity (Wildman–Crippen MR) is 87.0 cm³/mol. The van der Waals surface area contributed by atoms with Crippen LogP contribution in [0.1, 0.15) is 69.7 Å². The second kappa shape index (κ2) is 6.93. The molecule has 118 valence electrons. The Morgan fingerprint density at radius 3 is 2.38 bits per heavy atom. The molecule has 21 heavy (non-hydrogen) atoms. The van der Waals surface area contributed by atoms with Crippen molar-refractivity contribution in [3.8, 4) is 0 Å². The third-order valence-corrected chi connectivity index (χ3v) is 4.61. The number of rotatable bonds is 4. The van der Waals surface area contributed by atoms with E-state index in [1.165, 1.54) is 12.8 Å². The first-order chi connectivity index (χ1) is 9.91. The molecule has 1 fully saturated rings. The van der Waals surface area contributed by atoms with Gasteiger partial charge in [0.15, 0.2) is 0 Å². The largest absolute Gasteiger partial charge is 0.388 e. The molecular weight excluding hydrogens is 286 g/mol. The minimum atomic E-state index is -0.627. The lowest BCUT2D eigenvalue weighted by molar-refractivity contribution is 0.0380. The van der Waals surface area contributed by atoms with Gasteiger partial charge in [-0.2, -0.15) is 0 Å². The number of aliphatic hydroxyl groups is 1. The highest BCUT2D eigenvalue weighted by molar-refractivity contribution is 6.30. The van der Waals surface area contributed by atoms with E-state index in [9.17, 15) is 5.11 Å². The number of aromatic nitrogens is 2. The SMILES string of the molecule is Cc1c(Cl)nc(C(C)C)nc1NCC1(O)CCCCCC1. The molecule has 0 unspecified atom stereocenters. The lowest BCUT2D eigenvalue weighted by atomic mass is 9.94.